The average Bonchev–Trinajstić information content (AvgIpc) is 3.36. The number of nitrogens with one attached hydrogen (secondary N) is 1. The van der Waals surface area contributed by atoms with Gasteiger partial charge in [-0.15, -0.1) is 0 Å². The van der Waals surface area contributed by atoms with Gasteiger partial charge in [-0.2, -0.15) is 15.4 Å². The molecule has 0 saturated carbocycles. The summed E-state index contributed by atoms with van der Waals surface area (Å²) in [4.78, 5) is 34.7. The molecule has 10 nitrogen and oxygen atoms in total. The molecular formula is C21H28N8O2. The first kappa shape index (κ1) is 19.8. The van der Waals surface area contributed by atoms with Crippen LogP contribution in [0.2, 0.25) is 0 Å². The highest BCUT2D eigenvalue weighted by Crippen LogP contribution is 2.33. The van der Waals surface area contributed by atoms with Crippen molar-refractivity contribution in [2.75, 3.05) is 18.0 Å². The van der Waals surface area contributed by atoms with E-state index in [1.165, 1.54) is 6.20 Å². The number of piperazine rings is 1. The number of fused-ring (bicyclic) bond motifs is 4. The lowest BCUT2D eigenvalue weighted by Crippen LogP contribution is -2.64. The molecule has 164 valence electrons. The quantitative estimate of drug-likeness (QED) is 0.681. The topological polar surface area (TPSA) is 105 Å². The van der Waals surface area contributed by atoms with Crippen LogP contribution < -0.4 is 10.6 Å². The fraction of sp³-hybridized carbons (Fsp3) is 0.571. The molecular weight excluding hydrogens is 396 g/mol. The molecule has 2 bridgehead atoms. The summed E-state index contributed by atoms with van der Waals surface area (Å²) in [7, 11) is 1.78. The van der Waals surface area contributed by atoms with E-state index in [9.17, 15) is 9.59 Å². The average molecular weight is 425 g/mol. The van der Waals surface area contributed by atoms with E-state index in [1.807, 2.05) is 21.6 Å². The Morgan fingerprint density at radius 2 is 1.97 bits per heavy atom. The van der Waals surface area contributed by atoms with Gasteiger partial charge in [0.25, 0.3) is 5.91 Å². The molecule has 3 aliphatic heterocycles. The minimum Gasteiger partial charge on any atom is -0.350 e. The molecule has 2 atom stereocenters. The number of rotatable bonds is 3. The number of hydrogen-bond donors (Lipinski definition) is 1. The van der Waals surface area contributed by atoms with Gasteiger partial charge in [0, 0.05) is 38.8 Å². The number of aromatic nitrogens is 6. The third kappa shape index (κ3) is 3.30. The summed E-state index contributed by atoms with van der Waals surface area (Å²) in [6, 6.07) is 4.32. The largest absolute Gasteiger partial charge is 0.350 e. The van der Waals surface area contributed by atoms with Crippen LogP contribution in [0.4, 0.5) is 5.82 Å². The Morgan fingerprint density at radius 3 is 2.61 bits per heavy atom. The first-order valence-electron chi connectivity index (χ1n) is 10.7. The summed E-state index contributed by atoms with van der Waals surface area (Å²) in [5.74, 6) is 0.785. The van der Waals surface area contributed by atoms with Crippen molar-refractivity contribution in [3.05, 3.63) is 34.5 Å². The zero-order chi connectivity index (χ0) is 21.9. The fourth-order valence-corrected chi connectivity index (χ4v) is 4.86. The van der Waals surface area contributed by atoms with Gasteiger partial charge in [-0.1, -0.05) is 20.8 Å². The fourth-order valence-electron chi connectivity index (χ4n) is 4.86. The maximum Gasteiger partial charge on any atom is 0.330 e. The molecule has 10 heteroatoms. The number of carbonyl (C=O) groups excluding carboxylic acids is 1. The van der Waals surface area contributed by atoms with Crippen LogP contribution in [-0.4, -0.2) is 65.5 Å². The number of imidazole rings is 1. The van der Waals surface area contributed by atoms with Crippen molar-refractivity contribution in [2.45, 2.75) is 52.2 Å². The molecule has 6 heterocycles. The summed E-state index contributed by atoms with van der Waals surface area (Å²) in [5.41, 5.74) is 1.86. The number of pyridine rings is 1. The molecule has 6 rings (SSSR count). The Bertz CT molecular complexity index is 1190. The van der Waals surface area contributed by atoms with Crippen molar-refractivity contribution >= 4 is 22.9 Å². The van der Waals surface area contributed by atoms with Crippen LogP contribution in [0.25, 0.3) is 11.2 Å². The van der Waals surface area contributed by atoms with Crippen LogP contribution in [0.1, 0.15) is 44.1 Å². The summed E-state index contributed by atoms with van der Waals surface area (Å²) < 4.78 is 3.44. The third-order valence-corrected chi connectivity index (χ3v) is 6.32. The van der Waals surface area contributed by atoms with Gasteiger partial charge in [0.15, 0.2) is 11.3 Å². The summed E-state index contributed by atoms with van der Waals surface area (Å²) in [6.45, 7) is 8.37. The van der Waals surface area contributed by atoms with Crippen LogP contribution in [0.3, 0.4) is 0 Å². The van der Waals surface area contributed by atoms with E-state index in [0.717, 1.165) is 30.7 Å². The Kier molecular flexibility index (Phi) is 4.42. The predicted octanol–water partition coefficient (Wildman–Crippen LogP) is 1.39. The van der Waals surface area contributed by atoms with Crippen LogP contribution in [0.5, 0.6) is 0 Å². The monoisotopic (exact) mass is 424 g/mol. The zero-order valence-corrected chi connectivity index (χ0v) is 18.4. The van der Waals surface area contributed by atoms with Crippen molar-refractivity contribution in [3.63, 3.8) is 0 Å². The van der Waals surface area contributed by atoms with Gasteiger partial charge in [0.1, 0.15) is 5.82 Å². The Labute approximate surface area is 179 Å². The first-order valence-corrected chi connectivity index (χ1v) is 10.7. The molecule has 2 unspecified atom stereocenters. The number of aryl methyl sites for hydroxylation is 1. The van der Waals surface area contributed by atoms with Crippen LogP contribution in [-0.2, 0) is 13.6 Å². The second-order valence-corrected chi connectivity index (χ2v) is 9.85. The maximum absolute atomic E-state index is 12.8. The van der Waals surface area contributed by atoms with Crippen LogP contribution >= 0.6 is 0 Å². The van der Waals surface area contributed by atoms with Crippen LogP contribution in [0.15, 0.2) is 23.1 Å². The van der Waals surface area contributed by atoms with E-state index < -0.39 is 0 Å². The third-order valence-electron chi connectivity index (χ3n) is 6.32. The van der Waals surface area contributed by atoms with E-state index in [4.69, 9.17) is 4.98 Å². The first-order chi connectivity index (χ1) is 14.7. The lowest BCUT2D eigenvalue weighted by Gasteiger charge is -2.51. The second kappa shape index (κ2) is 6.93. The lowest BCUT2D eigenvalue weighted by atomic mass is 9.90. The number of nitrogens with zero attached hydrogens (tertiary/aromatic N) is 7. The Hall–Kier alpha value is -3.17. The van der Waals surface area contributed by atoms with E-state index in [0.29, 0.717) is 24.4 Å². The van der Waals surface area contributed by atoms with Gasteiger partial charge in [0.2, 0.25) is 0 Å². The highest BCUT2D eigenvalue weighted by Gasteiger charge is 2.42. The van der Waals surface area contributed by atoms with E-state index in [1.54, 1.807) is 11.6 Å². The molecule has 0 radical (unpaired) electrons. The molecule has 1 amide bonds. The number of H-pyrrole nitrogens is 1. The Morgan fingerprint density at radius 1 is 1.19 bits per heavy atom. The molecule has 3 saturated heterocycles. The molecule has 3 aromatic rings. The SMILES string of the molecule is Cn1c(=O)n(CC(C)(C)C)c2ccc(N3CC4CCC3CN4C(=O)c3cn[nH]n3)nc21. The molecule has 3 fully saturated rings. The van der Waals surface area contributed by atoms with Gasteiger partial charge in [0.05, 0.1) is 11.7 Å². The molecule has 3 aromatic heterocycles. The standard InChI is InChI=1S/C21H28N8O2/c1-21(2,3)12-29-16-7-8-17(23-18(16)26(4)20(29)31)27-10-14-6-5-13(27)11-28(14)19(30)15-9-22-25-24-15/h7-9,13-14H,5-6,10-12H2,1-4H3,(H,22,24,25). The molecule has 3 aliphatic rings. The number of amides is 1. The van der Waals surface area contributed by atoms with Gasteiger partial charge in [-0.05, 0) is 30.4 Å². The number of hydrogen-bond acceptors (Lipinski definition) is 6. The lowest BCUT2D eigenvalue weighted by molar-refractivity contribution is 0.0498. The highest BCUT2D eigenvalue weighted by molar-refractivity contribution is 5.92. The van der Waals surface area contributed by atoms with E-state index in [-0.39, 0.29) is 29.1 Å². The Balaban J connectivity index is 1.44. The summed E-state index contributed by atoms with van der Waals surface area (Å²) >= 11 is 0. The highest BCUT2D eigenvalue weighted by atomic mass is 16.2. The normalized spacial score (nSPS) is 21.3. The molecule has 31 heavy (non-hydrogen) atoms. The van der Waals surface area contributed by atoms with Crippen molar-refractivity contribution in [2.24, 2.45) is 12.5 Å². The van der Waals surface area contributed by atoms with Crippen molar-refractivity contribution < 1.29 is 4.79 Å². The number of carbonyl (C=O) groups is 1. The van der Waals surface area contributed by atoms with Crippen molar-refractivity contribution in [1.29, 1.82) is 0 Å². The van der Waals surface area contributed by atoms with Gasteiger partial charge >= 0.3 is 5.69 Å². The van der Waals surface area contributed by atoms with Gasteiger partial charge < -0.3 is 9.80 Å². The number of piperidine rings is 2. The van der Waals surface area contributed by atoms with E-state index >= 15 is 0 Å². The molecule has 0 spiro atoms. The number of anilines is 1. The summed E-state index contributed by atoms with van der Waals surface area (Å²) in [6.07, 6.45) is 3.45. The molecule has 0 aliphatic carbocycles. The predicted molar refractivity (Wildman–Crippen MR) is 116 cm³/mol. The van der Waals surface area contributed by atoms with Crippen molar-refractivity contribution in [1.82, 2.24) is 34.4 Å². The van der Waals surface area contributed by atoms with E-state index in [2.05, 4.69) is 41.1 Å². The summed E-state index contributed by atoms with van der Waals surface area (Å²) in [5, 5.41) is 10.2. The zero-order valence-electron chi connectivity index (χ0n) is 18.4. The molecule has 0 aromatic carbocycles. The molecule has 1 N–H and O–H groups in total. The number of aromatic amines is 1. The maximum atomic E-state index is 12.8. The minimum atomic E-state index is -0.0758. The second-order valence-electron chi connectivity index (χ2n) is 9.85. The smallest absolute Gasteiger partial charge is 0.330 e. The van der Waals surface area contributed by atoms with Crippen molar-refractivity contribution in [3.8, 4) is 0 Å². The minimum absolute atomic E-state index is 0.0113. The van der Waals surface area contributed by atoms with Gasteiger partial charge in [-0.25, -0.2) is 9.78 Å². The van der Waals surface area contributed by atoms with Gasteiger partial charge in [-0.3, -0.25) is 13.9 Å². The van der Waals surface area contributed by atoms with Crippen LogP contribution in [0, 0.1) is 5.41 Å².